The molecule has 2 saturated heterocycles. The summed E-state index contributed by atoms with van der Waals surface area (Å²) < 4.78 is 41.8. The van der Waals surface area contributed by atoms with Gasteiger partial charge in [-0.15, -0.1) is 0 Å². The van der Waals surface area contributed by atoms with Crippen molar-refractivity contribution >= 4 is 63.6 Å². The number of imidazole rings is 1. The normalized spacial score (nSPS) is 30.8. The van der Waals surface area contributed by atoms with Crippen molar-refractivity contribution in [3.8, 4) is 0 Å². The molecule has 2 aliphatic heterocycles. The molecule has 0 amide bonds. The van der Waals surface area contributed by atoms with Crippen LogP contribution >= 0.6 is 36.9 Å². The quantitative estimate of drug-likeness (QED) is 0.286. The van der Waals surface area contributed by atoms with Gasteiger partial charge in [0.1, 0.15) is 7.85 Å². The fraction of sp³-hybridized carbons (Fsp3) is 0.552. The minimum Gasteiger partial charge on any atom is -0.381 e. The third-order valence-corrected chi connectivity index (χ3v) is 11.4. The number of thiol groups is 2. The molecule has 12 heteroatoms. The number of hydrogen-bond donors (Lipinski definition) is 3. The van der Waals surface area contributed by atoms with Crippen molar-refractivity contribution in [3.63, 3.8) is 0 Å². The van der Waals surface area contributed by atoms with Gasteiger partial charge in [0.05, 0.1) is 36.8 Å². The smallest absolute Gasteiger partial charge is 0.381 e. The van der Waals surface area contributed by atoms with Crippen LogP contribution in [0, 0.1) is 17.3 Å². The minimum absolute atomic E-state index is 0.0227. The van der Waals surface area contributed by atoms with E-state index in [1.54, 1.807) is 10.6 Å². The van der Waals surface area contributed by atoms with Gasteiger partial charge in [-0.05, 0) is 79.5 Å². The van der Waals surface area contributed by atoms with E-state index in [0.717, 1.165) is 37.4 Å². The summed E-state index contributed by atoms with van der Waals surface area (Å²) in [7, 11) is 13.5. The lowest BCUT2D eigenvalue weighted by Crippen LogP contribution is -2.63. The number of benzene rings is 1. The highest BCUT2D eigenvalue weighted by Crippen LogP contribution is 2.53. The van der Waals surface area contributed by atoms with Crippen molar-refractivity contribution in [1.82, 2.24) is 19.8 Å². The van der Waals surface area contributed by atoms with E-state index in [9.17, 15) is 13.2 Å². The van der Waals surface area contributed by atoms with E-state index in [1.807, 2.05) is 11.0 Å². The monoisotopic (exact) mass is 614 g/mol. The SMILES string of the molecule is [B]C(S)(Cc1cc(C(F)(F)F)c2c(c1)ncn2C1CC(C)C1)C([B])(S)N1CCC2(CC1)C(=C)NC1C=CC(Cl)=CC12. The largest absolute Gasteiger partial charge is 0.418 e. The maximum atomic E-state index is 14.3. The lowest BCUT2D eigenvalue weighted by Gasteiger charge is -2.54. The van der Waals surface area contributed by atoms with Crippen LogP contribution in [0.1, 0.15) is 49.8 Å². The van der Waals surface area contributed by atoms with Gasteiger partial charge < -0.3 is 9.88 Å². The van der Waals surface area contributed by atoms with E-state index < -0.39 is 21.2 Å². The first-order valence-corrected chi connectivity index (χ1v) is 15.3. The Morgan fingerprint density at radius 1 is 1.20 bits per heavy atom. The van der Waals surface area contributed by atoms with Gasteiger partial charge in [-0.3, -0.25) is 4.90 Å². The van der Waals surface area contributed by atoms with Crippen molar-refractivity contribution in [1.29, 1.82) is 0 Å². The number of piperidine rings is 1. The molecule has 214 valence electrons. The molecule has 0 bridgehead atoms. The van der Waals surface area contributed by atoms with Gasteiger partial charge in [-0.1, -0.05) is 37.3 Å². The molecule has 1 aromatic heterocycles. The van der Waals surface area contributed by atoms with Gasteiger partial charge in [-0.2, -0.15) is 38.4 Å². The molecule has 6 rings (SSSR count). The summed E-state index contributed by atoms with van der Waals surface area (Å²) >= 11 is 15.9. The van der Waals surface area contributed by atoms with Gasteiger partial charge in [0, 0.05) is 32.9 Å². The molecule has 1 N–H and O–H groups in total. The summed E-state index contributed by atoms with van der Waals surface area (Å²) in [5, 5.41) is 4.22. The fourth-order valence-electron chi connectivity index (χ4n) is 7.34. The van der Waals surface area contributed by atoms with Crippen molar-refractivity contribution in [2.45, 2.75) is 66.7 Å². The Labute approximate surface area is 257 Å². The summed E-state index contributed by atoms with van der Waals surface area (Å²) in [6, 6.07) is 2.99. The first-order chi connectivity index (χ1) is 19.1. The lowest BCUT2D eigenvalue weighted by atomic mass is 9.63. The molecule has 4 unspecified atom stereocenters. The molecule has 4 radical (unpaired) electrons. The third-order valence-electron chi connectivity index (χ3n) is 9.79. The number of aromatic nitrogens is 2. The molecule has 3 heterocycles. The number of alkyl halides is 3. The number of nitrogens with zero attached hydrogens (tertiary/aromatic N) is 3. The van der Waals surface area contributed by atoms with E-state index in [1.165, 1.54) is 6.33 Å². The first-order valence-electron chi connectivity index (χ1n) is 14.0. The zero-order valence-electron chi connectivity index (χ0n) is 22.8. The predicted molar refractivity (Wildman–Crippen MR) is 167 cm³/mol. The zero-order valence-corrected chi connectivity index (χ0v) is 25.4. The molecule has 4 nitrogen and oxygen atoms in total. The number of likely N-dealkylation sites (tertiary alicyclic amines) is 1. The Kier molecular flexibility index (Phi) is 7.28. The maximum absolute atomic E-state index is 14.3. The van der Waals surface area contributed by atoms with Gasteiger partial charge >= 0.3 is 6.18 Å². The van der Waals surface area contributed by atoms with Gasteiger partial charge in [-0.25, -0.2) is 4.98 Å². The Balaban J connectivity index is 1.24. The Bertz CT molecular complexity index is 1440. The highest BCUT2D eigenvalue weighted by Gasteiger charge is 2.54. The molecule has 1 aromatic carbocycles. The van der Waals surface area contributed by atoms with Gasteiger partial charge in [0.2, 0.25) is 0 Å². The van der Waals surface area contributed by atoms with E-state index >= 15 is 0 Å². The molecule has 2 aromatic rings. The Hall–Kier alpha value is -1.42. The van der Waals surface area contributed by atoms with Crippen LogP contribution in [0.5, 0.6) is 0 Å². The number of fused-ring (bicyclic) bond motifs is 3. The maximum Gasteiger partial charge on any atom is 0.418 e. The number of allylic oxidation sites excluding steroid dienone is 3. The number of hydrogen-bond acceptors (Lipinski definition) is 5. The highest BCUT2D eigenvalue weighted by molar-refractivity contribution is 7.88. The zero-order chi connectivity index (χ0) is 29.5. The van der Waals surface area contributed by atoms with Crippen molar-refractivity contribution in [2.75, 3.05) is 13.1 Å². The second kappa shape index (κ2) is 10.1. The van der Waals surface area contributed by atoms with Crippen molar-refractivity contribution in [3.05, 3.63) is 65.1 Å². The first kappa shape index (κ1) is 29.6. The molecule has 2 aliphatic carbocycles. The lowest BCUT2D eigenvalue weighted by molar-refractivity contribution is -0.136. The van der Waals surface area contributed by atoms with Crippen LogP contribution in [0.4, 0.5) is 13.2 Å². The van der Waals surface area contributed by atoms with E-state index in [2.05, 4.69) is 36.0 Å². The average Bonchev–Trinajstić information content (AvgIpc) is 3.40. The molecule has 4 aliphatic rings. The van der Waals surface area contributed by atoms with Crippen molar-refractivity contribution in [2.24, 2.45) is 17.3 Å². The highest BCUT2D eigenvalue weighted by atomic mass is 35.5. The standard InChI is InChI=1S/C29H32B2ClF3N4S2/c1-16-9-20(10-16)39-15-36-24-12-18(11-22(25(24)39)28(33,34)35)14-27(30,40)29(31,41)38-7-5-26(6-8-38)17(2)37-23-4-3-19(32)13-21(23)26/h3-4,11-13,15-16,20-21,23,37,40-41H,2,5-10,14H2,1H3. The molecule has 41 heavy (non-hydrogen) atoms. The summed E-state index contributed by atoms with van der Waals surface area (Å²) in [4.78, 5) is 6.32. The van der Waals surface area contributed by atoms with Gasteiger partial charge in [0.25, 0.3) is 0 Å². The van der Waals surface area contributed by atoms with Crippen molar-refractivity contribution < 1.29 is 13.2 Å². The molecule has 1 spiro atoms. The summed E-state index contributed by atoms with van der Waals surface area (Å²) in [5.74, 6) is 0.667. The minimum atomic E-state index is -4.56. The van der Waals surface area contributed by atoms with Crippen LogP contribution < -0.4 is 5.32 Å². The topological polar surface area (TPSA) is 33.1 Å². The van der Waals surface area contributed by atoms with E-state index in [4.69, 9.17) is 52.6 Å². The number of halogens is 4. The predicted octanol–water partition coefficient (Wildman–Crippen LogP) is 5.99. The second-order valence-electron chi connectivity index (χ2n) is 12.4. The summed E-state index contributed by atoms with van der Waals surface area (Å²) in [6.07, 6.45) is 6.17. The summed E-state index contributed by atoms with van der Waals surface area (Å²) in [5.41, 5.74) is 0.833. The molecular formula is C29H32B2ClF3N4S2. The third kappa shape index (κ3) is 4.91. The van der Waals surface area contributed by atoms with Crippen LogP contribution in [0.2, 0.25) is 0 Å². The average molecular weight is 615 g/mol. The Morgan fingerprint density at radius 3 is 2.51 bits per heavy atom. The number of rotatable bonds is 5. The van der Waals surface area contributed by atoms with E-state index in [-0.39, 0.29) is 40.9 Å². The van der Waals surface area contributed by atoms with E-state index in [0.29, 0.717) is 29.6 Å². The fourth-order valence-corrected chi connectivity index (χ4v) is 8.15. The van der Waals surface area contributed by atoms with Crippen LogP contribution in [0.15, 0.2) is 54.0 Å². The van der Waals surface area contributed by atoms with Crippen LogP contribution in [-0.4, -0.2) is 58.7 Å². The Morgan fingerprint density at radius 2 is 1.88 bits per heavy atom. The summed E-state index contributed by atoms with van der Waals surface area (Å²) in [6.45, 7) is 7.55. The molecule has 4 atom stereocenters. The van der Waals surface area contributed by atoms with Crippen LogP contribution in [0.25, 0.3) is 11.0 Å². The second-order valence-corrected chi connectivity index (χ2v) is 14.4. The van der Waals surface area contributed by atoms with Gasteiger partial charge in [0.15, 0.2) is 0 Å². The number of nitrogens with one attached hydrogen (secondary N) is 1. The van der Waals surface area contributed by atoms with Crippen LogP contribution in [0.3, 0.4) is 0 Å². The molecule has 3 fully saturated rings. The van der Waals surface area contributed by atoms with Crippen LogP contribution in [-0.2, 0) is 12.6 Å². The molecule has 1 saturated carbocycles. The molecular weight excluding hydrogens is 583 g/mol.